The predicted molar refractivity (Wildman–Crippen MR) is 96.1 cm³/mol. The van der Waals surface area contributed by atoms with Gasteiger partial charge in [0, 0.05) is 16.1 Å². The molecule has 1 atom stereocenters. The van der Waals surface area contributed by atoms with Crippen LogP contribution in [-0.4, -0.2) is 17.9 Å². The Bertz CT molecular complexity index is 554. The summed E-state index contributed by atoms with van der Waals surface area (Å²) in [6.07, 6.45) is 5.29. The summed E-state index contributed by atoms with van der Waals surface area (Å²) < 4.78 is 0.905. The molecule has 5 heteroatoms. The van der Waals surface area contributed by atoms with Crippen LogP contribution in [0, 0.1) is 11.8 Å². The molecular formula is C18H25BrN2O2. The number of carbonyl (C=O) groups excluding carboxylic acids is 2. The number of benzene rings is 1. The average Bonchev–Trinajstić information content (AvgIpc) is 2.52. The zero-order valence-corrected chi connectivity index (χ0v) is 15.4. The predicted octanol–water partition coefficient (Wildman–Crippen LogP) is 4.11. The Balaban J connectivity index is 1.99. The van der Waals surface area contributed by atoms with E-state index in [1.165, 1.54) is 6.42 Å². The number of nitrogens with one attached hydrogen (secondary N) is 2. The molecule has 126 valence electrons. The van der Waals surface area contributed by atoms with Gasteiger partial charge < -0.3 is 10.6 Å². The maximum Gasteiger partial charge on any atom is 0.247 e. The van der Waals surface area contributed by atoms with Crippen molar-refractivity contribution in [2.45, 2.75) is 52.0 Å². The lowest BCUT2D eigenvalue weighted by Crippen LogP contribution is -2.49. The van der Waals surface area contributed by atoms with Crippen molar-refractivity contribution < 1.29 is 9.59 Å². The molecule has 1 aliphatic carbocycles. The van der Waals surface area contributed by atoms with E-state index in [1.807, 2.05) is 38.1 Å². The fraction of sp³-hybridized carbons (Fsp3) is 0.556. The molecule has 0 saturated heterocycles. The Kier molecular flexibility index (Phi) is 6.63. The maximum atomic E-state index is 12.5. The zero-order chi connectivity index (χ0) is 16.8. The minimum absolute atomic E-state index is 0.0211. The van der Waals surface area contributed by atoms with E-state index in [0.717, 1.165) is 35.8 Å². The van der Waals surface area contributed by atoms with Gasteiger partial charge in [0.05, 0.1) is 0 Å². The Hall–Kier alpha value is -1.36. The molecule has 1 fully saturated rings. The standard InChI is InChI=1S/C18H25BrN2O2/c1-12(2)16(21-17(22)13-7-4-3-5-8-13)18(23)20-15-10-6-9-14(19)11-15/h6,9-13,16H,3-5,7-8H2,1-2H3,(H,20,23)(H,21,22)/t16-/m1/s1. The van der Waals surface area contributed by atoms with Crippen LogP contribution in [0.25, 0.3) is 0 Å². The molecule has 4 nitrogen and oxygen atoms in total. The van der Waals surface area contributed by atoms with Gasteiger partial charge >= 0.3 is 0 Å². The molecule has 1 aliphatic rings. The van der Waals surface area contributed by atoms with Crippen LogP contribution in [0.15, 0.2) is 28.7 Å². The van der Waals surface area contributed by atoms with Crippen molar-refractivity contribution in [3.8, 4) is 0 Å². The average molecular weight is 381 g/mol. The van der Waals surface area contributed by atoms with Gasteiger partial charge in [-0.3, -0.25) is 9.59 Å². The van der Waals surface area contributed by atoms with Gasteiger partial charge in [-0.05, 0) is 37.0 Å². The Morgan fingerprint density at radius 3 is 2.48 bits per heavy atom. The van der Waals surface area contributed by atoms with E-state index in [2.05, 4.69) is 26.6 Å². The normalized spacial score (nSPS) is 16.9. The zero-order valence-electron chi connectivity index (χ0n) is 13.8. The van der Waals surface area contributed by atoms with E-state index in [0.29, 0.717) is 0 Å². The Morgan fingerprint density at radius 1 is 1.17 bits per heavy atom. The monoisotopic (exact) mass is 380 g/mol. The number of hydrogen-bond donors (Lipinski definition) is 2. The summed E-state index contributed by atoms with van der Waals surface area (Å²) in [4.78, 5) is 25.0. The first-order chi connectivity index (χ1) is 11.0. The minimum atomic E-state index is -0.511. The highest BCUT2D eigenvalue weighted by atomic mass is 79.9. The second kappa shape index (κ2) is 8.48. The molecule has 0 bridgehead atoms. The number of hydrogen-bond acceptors (Lipinski definition) is 2. The van der Waals surface area contributed by atoms with Crippen molar-refractivity contribution in [2.24, 2.45) is 11.8 Å². The summed E-state index contributed by atoms with van der Waals surface area (Å²) in [6, 6.07) is 6.94. The summed E-state index contributed by atoms with van der Waals surface area (Å²) in [5, 5.41) is 5.85. The van der Waals surface area contributed by atoms with Crippen molar-refractivity contribution >= 4 is 33.4 Å². The lowest BCUT2D eigenvalue weighted by atomic mass is 9.88. The molecule has 1 aromatic rings. The van der Waals surface area contributed by atoms with Crippen molar-refractivity contribution in [3.63, 3.8) is 0 Å². The van der Waals surface area contributed by atoms with E-state index in [1.54, 1.807) is 0 Å². The van der Waals surface area contributed by atoms with Crippen LogP contribution >= 0.6 is 15.9 Å². The van der Waals surface area contributed by atoms with Crippen molar-refractivity contribution in [3.05, 3.63) is 28.7 Å². The van der Waals surface area contributed by atoms with Gasteiger partial charge in [0.2, 0.25) is 11.8 Å². The number of rotatable bonds is 5. The summed E-state index contributed by atoms with van der Waals surface area (Å²) in [5.41, 5.74) is 0.724. The smallest absolute Gasteiger partial charge is 0.247 e. The number of halogens is 1. The van der Waals surface area contributed by atoms with E-state index in [-0.39, 0.29) is 23.7 Å². The molecule has 23 heavy (non-hydrogen) atoms. The second-order valence-corrected chi connectivity index (χ2v) is 7.48. The first-order valence-electron chi connectivity index (χ1n) is 8.34. The molecule has 0 spiro atoms. The van der Waals surface area contributed by atoms with Gasteiger partial charge in [-0.2, -0.15) is 0 Å². The molecule has 1 saturated carbocycles. The highest BCUT2D eigenvalue weighted by molar-refractivity contribution is 9.10. The topological polar surface area (TPSA) is 58.2 Å². The largest absolute Gasteiger partial charge is 0.344 e. The third-order valence-corrected chi connectivity index (χ3v) is 4.81. The highest BCUT2D eigenvalue weighted by Crippen LogP contribution is 2.24. The van der Waals surface area contributed by atoms with Crippen LogP contribution in [0.1, 0.15) is 46.0 Å². The summed E-state index contributed by atoms with van der Waals surface area (Å²) in [5.74, 6) is -0.0478. The van der Waals surface area contributed by atoms with Gasteiger partial charge in [0.1, 0.15) is 6.04 Å². The van der Waals surface area contributed by atoms with E-state index in [4.69, 9.17) is 0 Å². The molecule has 0 aliphatic heterocycles. The van der Waals surface area contributed by atoms with Crippen molar-refractivity contribution in [1.82, 2.24) is 5.32 Å². The first-order valence-corrected chi connectivity index (χ1v) is 9.13. The molecule has 0 aromatic heterocycles. The fourth-order valence-electron chi connectivity index (χ4n) is 2.96. The number of anilines is 1. The van der Waals surface area contributed by atoms with Crippen molar-refractivity contribution in [2.75, 3.05) is 5.32 Å². The van der Waals surface area contributed by atoms with Crippen LogP contribution in [0.2, 0.25) is 0 Å². The molecule has 0 radical (unpaired) electrons. The van der Waals surface area contributed by atoms with Gasteiger partial charge in [0.15, 0.2) is 0 Å². The molecule has 2 rings (SSSR count). The van der Waals surface area contributed by atoms with E-state index < -0.39 is 6.04 Å². The highest BCUT2D eigenvalue weighted by Gasteiger charge is 2.28. The van der Waals surface area contributed by atoms with Crippen LogP contribution < -0.4 is 10.6 Å². The number of amides is 2. The van der Waals surface area contributed by atoms with Crippen LogP contribution in [0.3, 0.4) is 0 Å². The maximum absolute atomic E-state index is 12.5. The first kappa shape index (κ1) is 18.0. The third-order valence-electron chi connectivity index (χ3n) is 4.32. The van der Waals surface area contributed by atoms with Gasteiger partial charge in [0.25, 0.3) is 0 Å². The second-order valence-electron chi connectivity index (χ2n) is 6.56. The van der Waals surface area contributed by atoms with E-state index >= 15 is 0 Å². The SMILES string of the molecule is CC(C)[C@@H](NC(=O)C1CCCCC1)C(=O)Nc1cccc(Br)c1. The molecule has 1 aromatic carbocycles. The molecule has 2 amide bonds. The van der Waals surface area contributed by atoms with Crippen LogP contribution in [0.4, 0.5) is 5.69 Å². The molecular weight excluding hydrogens is 356 g/mol. The third kappa shape index (κ3) is 5.34. The summed E-state index contributed by atoms with van der Waals surface area (Å²) in [6.45, 7) is 3.90. The Morgan fingerprint density at radius 2 is 1.87 bits per heavy atom. The van der Waals surface area contributed by atoms with Gasteiger partial charge in [-0.15, -0.1) is 0 Å². The fourth-order valence-corrected chi connectivity index (χ4v) is 3.36. The minimum Gasteiger partial charge on any atom is -0.344 e. The molecule has 0 heterocycles. The molecule has 0 unspecified atom stereocenters. The number of carbonyl (C=O) groups is 2. The summed E-state index contributed by atoms with van der Waals surface area (Å²) in [7, 11) is 0. The van der Waals surface area contributed by atoms with Gasteiger partial charge in [-0.1, -0.05) is 55.1 Å². The van der Waals surface area contributed by atoms with E-state index in [9.17, 15) is 9.59 Å². The molecule has 2 N–H and O–H groups in total. The summed E-state index contributed by atoms with van der Waals surface area (Å²) >= 11 is 3.39. The lowest BCUT2D eigenvalue weighted by Gasteiger charge is -2.26. The lowest BCUT2D eigenvalue weighted by molar-refractivity contribution is -0.130. The van der Waals surface area contributed by atoms with Crippen LogP contribution in [-0.2, 0) is 9.59 Å². The van der Waals surface area contributed by atoms with Crippen molar-refractivity contribution in [1.29, 1.82) is 0 Å². The quantitative estimate of drug-likeness (QED) is 0.807. The Labute approximate surface area is 146 Å². The van der Waals surface area contributed by atoms with Gasteiger partial charge in [-0.25, -0.2) is 0 Å². The van der Waals surface area contributed by atoms with Crippen LogP contribution in [0.5, 0.6) is 0 Å².